The van der Waals surface area contributed by atoms with Crippen LogP contribution in [0.15, 0.2) is 24.3 Å². The van der Waals surface area contributed by atoms with Crippen LogP contribution in [0.25, 0.3) is 0 Å². The van der Waals surface area contributed by atoms with Gasteiger partial charge < -0.3 is 15.1 Å². The van der Waals surface area contributed by atoms with Gasteiger partial charge in [-0.3, -0.25) is 0 Å². The first kappa shape index (κ1) is 15.2. The number of urea groups is 1. The van der Waals surface area contributed by atoms with Crippen molar-refractivity contribution in [2.75, 3.05) is 36.4 Å². The topological polar surface area (TPSA) is 35.6 Å². The third-order valence-corrected chi connectivity index (χ3v) is 4.91. The molecule has 0 saturated carbocycles. The number of anilines is 2. The van der Waals surface area contributed by atoms with Crippen LogP contribution in [0.4, 0.5) is 16.2 Å². The van der Waals surface area contributed by atoms with E-state index in [2.05, 4.69) is 29.3 Å². The zero-order valence-corrected chi connectivity index (χ0v) is 13.6. The molecule has 3 rings (SSSR count). The molecule has 0 spiro atoms. The minimum atomic E-state index is 0.0395. The van der Waals surface area contributed by atoms with Crippen LogP contribution in [0, 0.1) is 5.92 Å². The van der Waals surface area contributed by atoms with Gasteiger partial charge in [-0.05, 0) is 62.3 Å². The summed E-state index contributed by atoms with van der Waals surface area (Å²) in [5.41, 5.74) is 2.16. The smallest absolute Gasteiger partial charge is 0.321 e. The summed E-state index contributed by atoms with van der Waals surface area (Å²) in [5.74, 6) is 0.743. The number of benzene rings is 1. The van der Waals surface area contributed by atoms with E-state index in [9.17, 15) is 4.79 Å². The quantitative estimate of drug-likeness (QED) is 0.898. The highest BCUT2D eigenvalue weighted by Crippen LogP contribution is 2.22. The molecule has 2 heterocycles. The van der Waals surface area contributed by atoms with E-state index in [0.717, 1.165) is 50.6 Å². The van der Waals surface area contributed by atoms with E-state index in [1.807, 2.05) is 17.0 Å². The fourth-order valence-corrected chi connectivity index (χ4v) is 3.32. The number of nitrogens with one attached hydrogen (secondary N) is 1. The molecule has 0 unspecified atom stereocenters. The van der Waals surface area contributed by atoms with Crippen molar-refractivity contribution in [3.63, 3.8) is 0 Å². The number of carbonyl (C=O) groups is 1. The molecule has 0 radical (unpaired) electrons. The van der Waals surface area contributed by atoms with Gasteiger partial charge >= 0.3 is 6.03 Å². The van der Waals surface area contributed by atoms with Gasteiger partial charge in [0.1, 0.15) is 0 Å². The Balaban J connectivity index is 1.55. The van der Waals surface area contributed by atoms with Gasteiger partial charge in [-0.25, -0.2) is 4.79 Å². The van der Waals surface area contributed by atoms with Crippen LogP contribution in [0.5, 0.6) is 0 Å². The van der Waals surface area contributed by atoms with Crippen LogP contribution < -0.4 is 10.2 Å². The van der Waals surface area contributed by atoms with Crippen LogP contribution in [-0.2, 0) is 0 Å². The highest BCUT2D eigenvalue weighted by molar-refractivity contribution is 5.89. The normalized spacial score (nSPS) is 20.0. The average molecular weight is 301 g/mol. The number of rotatable bonds is 2. The van der Waals surface area contributed by atoms with Crippen LogP contribution in [0.1, 0.15) is 39.0 Å². The third kappa shape index (κ3) is 3.73. The number of nitrogens with zero attached hydrogens (tertiary/aromatic N) is 2. The predicted octanol–water partition coefficient (Wildman–Crippen LogP) is 3.94. The maximum absolute atomic E-state index is 12.3. The second kappa shape index (κ2) is 7.03. The highest BCUT2D eigenvalue weighted by Gasteiger charge is 2.20. The van der Waals surface area contributed by atoms with Gasteiger partial charge in [0.2, 0.25) is 0 Å². The SMILES string of the molecule is CC1CCN(C(=O)Nc2ccc(N3CCCCC3)cc2)CC1. The van der Waals surface area contributed by atoms with Gasteiger partial charge in [-0.2, -0.15) is 0 Å². The molecule has 120 valence electrons. The first-order valence-electron chi connectivity index (χ1n) is 8.63. The molecule has 2 aliphatic rings. The fraction of sp³-hybridized carbons (Fsp3) is 0.611. The molecule has 1 N–H and O–H groups in total. The molecule has 2 saturated heterocycles. The number of hydrogen-bond acceptors (Lipinski definition) is 2. The molecule has 2 aliphatic heterocycles. The molecule has 0 bridgehead atoms. The van der Waals surface area contributed by atoms with Crippen LogP contribution in [0.3, 0.4) is 0 Å². The zero-order valence-electron chi connectivity index (χ0n) is 13.6. The summed E-state index contributed by atoms with van der Waals surface area (Å²) in [7, 11) is 0. The second-order valence-corrected chi connectivity index (χ2v) is 6.69. The van der Waals surface area contributed by atoms with Crippen molar-refractivity contribution < 1.29 is 4.79 Å². The average Bonchev–Trinajstić information content (AvgIpc) is 2.57. The van der Waals surface area contributed by atoms with Gasteiger partial charge in [0.15, 0.2) is 0 Å². The summed E-state index contributed by atoms with van der Waals surface area (Å²) in [4.78, 5) is 16.6. The van der Waals surface area contributed by atoms with Crippen LogP contribution in [-0.4, -0.2) is 37.1 Å². The summed E-state index contributed by atoms with van der Waals surface area (Å²) in [6.45, 7) is 6.31. The van der Waals surface area contributed by atoms with E-state index in [1.165, 1.54) is 24.9 Å². The molecular formula is C18H27N3O. The van der Waals surface area contributed by atoms with E-state index in [1.54, 1.807) is 0 Å². The lowest BCUT2D eigenvalue weighted by Crippen LogP contribution is -2.40. The van der Waals surface area contributed by atoms with E-state index >= 15 is 0 Å². The Morgan fingerprint density at radius 3 is 2.27 bits per heavy atom. The number of likely N-dealkylation sites (tertiary alicyclic amines) is 1. The van der Waals surface area contributed by atoms with E-state index in [4.69, 9.17) is 0 Å². The van der Waals surface area contributed by atoms with Crippen molar-refractivity contribution in [3.05, 3.63) is 24.3 Å². The first-order chi connectivity index (χ1) is 10.7. The Morgan fingerprint density at radius 1 is 1.00 bits per heavy atom. The summed E-state index contributed by atoms with van der Waals surface area (Å²) in [6, 6.07) is 8.33. The van der Waals surface area contributed by atoms with Gasteiger partial charge in [0, 0.05) is 37.6 Å². The Morgan fingerprint density at radius 2 is 1.64 bits per heavy atom. The van der Waals surface area contributed by atoms with Crippen molar-refractivity contribution in [2.45, 2.75) is 39.0 Å². The zero-order chi connectivity index (χ0) is 15.4. The minimum absolute atomic E-state index is 0.0395. The highest BCUT2D eigenvalue weighted by atomic mass is 16.2. The maximum Gasteiger partial charge on any atom is 0.321 e. The molecule has 2 amide bonds. The molecule has 4 heteroatoms. The summed E-state index contributed by atoms with van der Waals surface area (Å²) >= 11 is 0. The molecule has 0 atom stereocenters. The van der Waals surface area contributed by atoms with Crippen molar-refractivity contribution in [1.29, 1.82) is 0 Å². The van der Waals surface area contributed by atoms with Gasteiger partial charge in [0.25, 0.3) is 0 Å². The lowest BCUT2D eigenvalue weighted by atomic mass is 10.00. The molecule has 2 fully saturated rings. The summed E-state index contributed by atoms with van der Waals surface area (Å²) in [6.07, 6.45) is 6.14. The Labute approximate surface area is 133 Å². The molecule has 0 aromatic heterocycles. The maximum atomic E-state index is 12.3. The number of hydrogen-bond donors (Lipinski definition) is 1. The molecule has 22 heavy (non-hydrogen) atoms. The summed E-state index contributed by atoms with van der Waals surface area (Å²) < 4.78 is 0. The van der Waals surface area contributed by atoms with Crippen molar-refractivity contribution >= 4 is 17.4 Å². The van der Waals surface area contributed by atoms with Crippen LogP contribution in [0.2, 0.25) is 0 Å². The molecule has 1 aromatic carbocycles. The number of amides is 2. The first-order valence-corrected chi connectivity index (χ1v) is 8.63. The summed E-state index contributed by atoms with van der Waals surface area (Å²) in [5, 5.41) is 3.03. The standard InChI is InChI=1S/C18H27N3O/c1-15-9-13-21(14-10-15)18(22)19-16-5-7-17(8-6-16)20-11-3-2-4-12-20/h5-8,15H,2-4,9-14H2,1H3,(H,19,22). The molecule has 0 aliphatic carbocycles. The van der Waals surface area contributed by atoms with E-state index in [-0.39, 0.29) is 6.03 Å². The Kier molecular flexibility index (Phi) is 4.86. The Bertz CT molecular complexity index is 486. The van der Waals surface area contributed by atoms with E-state index in [0.29, 0.717) is 0 Å². The van der Waals surface area contributed by atoms with Gasteiger partial charge in [0.05, 0.1) is 0 Å². The van der Waals surface area contributed by atoms with Crippen molar-refractivity contribution in [1.82, 2.24) is 4.90 Å². The minimum Gasteiger partial charge on any atom is -0.372 e. The predicted molar refractivity (Wildman–Crippen MR) is 91.5 cm³/mol. The lowest BCUT2D eigenvalue weighted by Gasteiger charge is -2.30. The Hall–Kier alpha value is -1.71. The lowest BCUT2D eigenvalue weighted by molar-refractivity contribution is 0.186. The molecular weight excluding hydrogens is 274 g/mol. The molecule has 1 aromatic rings. The third-order valence-electron chi connectivity index (χ3n) is 4.91. The second-order valence-electron chi connectivity index (χ2n) is 6.69. The number of piperidine rings is 2. The van der Waals surface area contributed by atoms with Crippen LogP contribution >= 0.6 is 0 Å². The fourth-order valence-electron chi connectivity index (χ4n) is 3.32. The van der Waals surface area contributed by atoms with E-state index < -0.39 is 0 Å². The van der Waals surface area contributed by atoms with Gasteiger partial charge in [-0.1, -0.05) is 6.92 Å². The number of carbonyl (C=O) groups excluding carboxylic acids is 1. The van der Waals surface area contributed by atoms with Crippen molar-refractivity contribution in [2.24, 2.45) is 5.92 Å². The molecule has 4 nitrogen and oxygen atoms in total. The monoisotopic (exact) mass is 301 g/mol. The van der Waals surface area contributed by atoms with Gasteiger partial charge in [-0.15, -0.1) is 0 Å². The van der Waals surface area contributed by atoms with Crippen molar-refractivity contribution in [3.8, 4) is 0 Å². The largest absolute Gasteiger partial charge is 0.372 e.